The molecule has 14 nitrogen and oxygen atoms in total. The number of rotatable bonds is 9. The van der Waals surface area contributed by atoms with Crippen molar-refractivity contribution < 1.29 is 28.7 Å². The van der Waals surface area contributed by atoms with E-state index in [1.165, 1.54) is 14.2 Å². The average molecular weight is 673 g/mol. The molecule has 0 radical (unpaired) electrons. The minimum atomic E-state index is -0.935. The van der Waals surface area contributed by atoms with E-state index in [-0.39, 0.29) is 29.6 Å². The number of carbonyl (C=O) groups is 4. The smallest absolute Gasteiger partial charge is 0.407 e. The number of likely N-dealkylation sites (tertiary alicyclic amines) is 2. The third-order valence-corrected chi connectivity index (χ3v) is 8.43. The third kappa shape index (κ3) is 9.32. The van der Waals surface area contributed by atoms with Crippen molar-refractivity contribution in [1.29, 1.82) is 0 Å². The van der Waals surface area contributed by atoms with Crippen LogP contribution in [0, 0.1) is 29.6 Å². The summed E-state index contributed by atoms with van der Waals surface area (Å²) in [4.78, 5) is 66.5. The van der Waals surface area contributed by atoms with Crippen LogP contribution in [0.3, 0.4) is 0 Å². The fourth-order valence-electron chi connectivity index (χ4n) is 5.96. The first-order valence-electron chi connectivity index (χ1n) is 16.3. The second kappa shape index (κ2) is 17.1. The maximum Gasteiger partial charge on any atom is 0.407 e. The van der Waals surface area contributed by atoms with Crippen molar-refractivity contribution in [3.8, 4) is 23.7 Å². The van der Waals surface area contributed by atoms with Crippen LogP contribution in [0.4, 0.5) is 9.59 Å². The standard InChI is InChI=1S/C35H44N8O6/c1-22(2)28(40-34(46)48-4)32(44)43-20-12-18-27(43)31-37-21-25(39-31)16-10-9-13-23(3)38-30(36)26-17-11-19-42(26)33(45)29(41-35(47)49-5)24-14-7-6-8-15-24/h6-8,14-15,21-23,26-29H,11-12,17-20H2,1-5H3,(H2,36,38)(H,37,39)(H,40,46)(H,41,47)/t23?,26-,27-,28-,29-/m0/s1. The number of hydrogen-bond acceptors (Lipinski definition) is 8. The van der Waals surface area contributed by atoms with Gasteiger partial charge in [-0.05, 0) is 61.8 Å². The number of benzene rings is 1. The van der Waals surface area contributed by atoms with Crippen molar-refractivity contribution in [1.82, 2.24) is 30.4 Å². The maximum absolute atomic E-state index is 13.6. The molecule has 4 amide bonds. The van der Waals surface area contributed by atoms with Gasteiger partial charge in [-0.25, -0.2) is 14.6 Å². The van der Waals surface area contributed by atoms with E-state index in [4.69, 9.17) is 15.2 Å². The molecular weight excluding hydrogens is 628 g/mol. The number of imidazole rings is 1. The Morgan fingerprint density at radius 1 is 0.959 bits per heavy atom. The van der Waals surface area contributed by atoms with Crippen molar-refractivity contribution in [2.45, 2.75) is 76.7 Å². The van der Waals surface area contributed by atoms with E-state index in [0.717, 1.165) is 19.3 Å². The fourth-order valence-corrected chi connectivity index (χ4v) is 5.96. The van der Waals surface area contributed by atoms with Crippen LogP contribution in [0.15, 0.2) is 41.5 Å². The molecule has 260 valence electrons. The highest BCUT2D eigenvalue weighted by atomic mass is 16.5. The summed E-state index contributed by atoms with van der Waals surface area (Å²) in [5.41, 5.74) is 7.57. The van der Waals surface area contributed by atoms with Gasteiger partial charge >= 0.3 is 12.2 Å². The molecule has 0 saturated carbocycles. The molecule has 4 rings (SSSR count). The van der Waals surface area contributed by atoms with E-state index in [9.17, 15) is 19.2 Å². The van der Waals surface area contributed by atoms with E-state index in [0.29, 0.717) is 36.6 Å². The first-order chi connectivity index (χ1) is 23.5. The summed E-state index contributed by atoms with van der Waals surface area (Å²) in [6.45, 7) is 6.54. The number of carbonyl (C=O) groups excluding carboxylic acids is 4. The lowest BCUT2D eigenvalue weighted by atomic mass is 10.0. The molecule has 0 bridgehead atoms. The third-order valence-electron chi connectivity index (χ3n) is 8.43. The minimum absolute atomic E-state index is 0.131. The molecule has 2 aliphatic rings. The van der Waals surface area contributed by atoms with Crippen LogP contribution in [0.1, 0.15) is 75.6 Å². The zero-order valence-electron chi connectivity index (χ0n) is 28.5. The van der Waals surface area contributed by atoms with Gasteiger partial charge in [-0.1, -0.05) is 50.1 Å². The molecule has 2 fully saturated rings. The van der Waals surface area contributed by atoms with Gasteiger partial charge in [0, 0.05) is 13.1 Å². The molecule has 1 aromatic heterocycles. The Morgan fingerprint density at radius 3 is 2.33 bits per heavy atom. The van der Waals surface area contributed by atoms with Gasteiger partial charge in [0.05, 0.1) is 32.5 Å². The summed E-state index contributed by atoms with van der Waals surface area (Å²) in [5, 5.41) is 5.28. The topological polar surface area (TPSA) is 184 Å². The predicted molar refractivity (Wildman–Crippen MR) is 182 cm³/mol. The predicted octanol–water partition coefficient (Wildman–Crippen LogP) is 2.64. The van der Waals surface area contributed by atoms with Crippen molar-refractivity contribution in [3.63, 3.8) is 0 Å². The molecule has 3 heterocycles. The molecule has 5 atom stereocenters. The number of aromatic amines is 1. The quantitative estimate of drug-likeness (QED) is 0.178. The summed E-state index contributed by atoms with van der Waals surface area (Å²) in [5.74, 6) is 11.8. The second-order valence-electron chi connectivity index (χ2n) is 12.1. The first-order valence-corrected chi connectivity index (χ1v) is 16.3. The van der Waals surface area contributed by atoms with Crippen LogP contribution in [0.5, 0.6) is 0 Å². The molecule has 2 saturated heterocycles. The summed E-state index contributed by atoms with van der Waals surface area (Å²) >= 11 is 0. The van der Waals surface area contributed by atoms with Gasteiger partial charge < -0.3 is 40.6 Å². The number of aromatic nitrogens is 2. The van der Waals surface area contributed by atoms with Gasteiger partial charge in [0.1, 0.15) is 35.5 Å². The highest BCUT2D eigenvalue weighted by Gasteiger charge is 2.38. The number of hydrogen-bond donors (Lipinski definition) is 4. The van der Waals surface area contributed by atoms with Crippen LogP contribution in [-0.4, -0.2) is 95.0 Å². The number of nitrogens with zero attached hydrogens (tertiary/aromatic N) is 4. The van der Waals surface area contributed by atoms with Crippen LogP contribution in [-0.2, 0) is 19.1 Å². The van der Waals surface area contributed by atoms with Crippen LogP contribution >= 0.6 is 0 Å². The summed E-state index contributed by atoms with van der Waals surface area (Å²) in [6, 6.07) is 6.10. The highest BCUT2D eigenvalue weighted by Crippen LogP contribution is 2.31. The molecular formula is C35H44N8O6. The number of aliphatic imine (C=N–C) groups is 1. The van der Waals surface area contributed by atoms with Gasteiger partial charge in [0.2, 0.25) is 5.91 Å². The number of amidine groups is 1. The Balaban J connectivity index is 1.40. The first kappa shape index (κ1) is 36.3. The molecule has 5 N–H and O–H groups in total. The highest BCUT2D eigenvalue weighted by molar-refractivity contribution is 5.94. The van der Waals surface area contributed by atoms with Gasteiger partial charge in [0.15, 0.2) is 0 Å². The maximum atomic E-state index is 13.6. The Hall–Kier alpha value is -5.50. The average Bonchev–Trinajstić information content (AvgIpc) is 3.88. The zero-order valence-corrected chi connectivity index (χ0v) is 28.5. The molecule has 49 heavy (non-hydrogen) atoms. The Kier molecular flexibility index (Phi) is 12.7. The van der Waals surface area contributed by atoms with E-state index in [1.807, 2.05) is 19.9 Å². The Morgan fingerprint density at radius 2 is 1.63 bits per heavy atom. The van der Waals surface area contributed by atoms with Crippen LogP contribution in [0.25, 0.3) is 0 Å². The zero-order chi connectivity index (χ0) is 35.5. The lowest BCUT2D eigenvalue weighted by Gasteiger charge is -2.29. The summed E-state index contributed by atoms with van der Waals surface area (Å²) < 4.78 is 9.45. The van der Waals surface area contributed by atoms with E-state index < -0.39 is 36.4 Å². The van der Waals surface area contributed by atoms with Crippen molar-refractivity contribution in [3.05, 3.63) is 53.6 Å². The summed E-state index contributed by atoms with van der Waals surface area (Å²) in [7, 11) is 2.51. The number of amides is 4. The van der Waals surface area contributed by atoms with Crippen LogP contribution < -0.4 is 16.4 Å². The molecule has 14 heteroatoms. The van der Waals surface area contributed by atoms with Crippen molar-refractivity contribution in [2.24, 2.45) is 16.6 Å². The van der Waals surface area contributed by atoms with Gasteiger partial charge in [-0.2, -0.15) is 0 Å². The molecule has 0 spiro atoms. The second-order valence-corrected chi connectivity index (χ2v) is 12.1. The number of methoxy groups -OCH3 is 2. The number of H-pyrrole nitrogens is 1. The van der Waals surface area contributed by atoms with Crippen molar-refractivity contribution >= 4 is 29.8 Å². The van der Waals surface area contributed by atoms with Crippen molar-refractivity contribution in [2.75, 3.05) is 27.3 Å². The Bertz CT molecular complexity index is 1650. The largest absolute Gasteiger partial charge is 0.453 e. The number of nitrogens with two attached hydrogens (primary N) is 1. The number of alkyl carbamates (subject to hydrolysis) is 2. The van der Waals surface area contributed by atoms with Gasteiger partial charge in [0.25, 0.3) is 5.91 Å². The molecule has 0 aliphatic carbocycles. The molecule has 1 unspecified atom stereocenters. The number of ether oxygens (including phenoxy) is 2. The van der Waals surface area contributed by atoms with Gasteiger partial charge in [-0.15, -0.1) is 0 Å². The molecule has 2 aliphatic heterocycles. The lowest BCUT2D eigenvalue weighted by molar-refractivity contribution is -0.135. The van der Waals surface area contributed by atoms with E-state index in [2.05, 4.69) is 49.3 Å². The SMILES string of the molecule is COC(=O)N[C@H](C(=O)N1CCC[C@H]1/C(N)=N/C(C)C#CC#Cc1cnc([C@@H]2CCCN2C(=O)[C@@H](NC(=O)OC)C(C)C)[nH]1)c1ccccc1. The normalized spacial score (nSPS) is 19.1. The fraction of sp³-hybridized carbons (Fsp3) is 0.486. The lowest BCUT2D eigenvalue weighted by Crippen LogP contribution is -2.51. The van der Waals surface area contributed by atoms with E-state index >= 15 is 0 Å². The van der Waals surface area contributed by atoms with Gasteiger partial charge in [-0.3, -0.25) is 14.6 Å². The number of nitrogens with one attached hydrogen (secondary N) is 3. The van der Waals surface area contributed by atoms with E-state index in [1.54, 1.807) is 47.2 Å². The monoisotopic (exact) mass is 672 g/mol. The minimum Gasteiger partial charge on any atom is -0.453 e. The molecule has 1 aromatic carbocycles. The van der Waals surface area contributed by atoms with Crippen LogP contribution in [0.2, 0.25) is 0 Å². The molecule has 2 aromatic rings. The summed E-state index contributed by atoms with van der Waals surface area (Å²) in [6.07, 6.45) is 3.13. The Labute approximate surface area is 286 Å².